The maximum Gasteiger partial charge on any atom is 0.317 e. The third-order valence-electron chi connectivity index (χ3n) is 5.53. The fourth-order valence-corrected chi connectivity index (χ4v) is 4.27. The fourth-order valence-electron chi connectivity index (χ4n) is 4.27. The highest BCUT2D eigenvalue weighted by atomic mass is 16.5. The van der Waals surface area contributed by atoms with Gasteiger partial charge < -0.3 is 20.1 Å². The predicted octanol–water partition coefficient (Wildman–Crippen LogP) is 2.62. The van der Waals surface area contributed by atoms with Crippen molar-refractivity contribution in [1.82, 2.24) is 10.2 Å². The number of carbonyl (C=O) groups is 2. The van der Waals surface area contributed by atoms with Crippen molar-refractivity contribution in [2.45, 2.75) is 70.4 Å². The van der Waals surface area contributed by atoms with Crippen LogP contribution in [-0.2, 0) is 9.53 Å². The quantitative estimate of drug-likeness (QED) is 0.705. The SMILES string of the molecule is CCOC1CC(N(C)C(=O)NCCCC(=O)O)C12CCCCC2. The monoisotopic (exact) mass is 326 g/mol. The van der Waals surface area contributed by atoms with Crippen LogP contribution in [0.25, 0.3) is 0 Å². The maximum atomic E-state index is 12.3. The van der Waals surface area contributed by atoms with Gasteiger partial charge in [0.25, 0.3) is 0 Å². The summed E-state index contributed by atoms with van der Waals surface area (Å²) in [7, 11) is 1.86. The van der Waals surface area contributed by atoms with Gasteiger partial charge in [-0.2, -0.15) is 0 Å². The van der Waals surface area contributed by atoms with Crippen LogP contribution in [0.1, 0.15) is 58.3 Å². The molecule has 0 aliphatic heterocycles. The van der Waals surface area contributed by atoms with Gasteiger partial charge in [0.2, 0.25) is 0 Å². The van der Waals surface area contributed by atoms with E-state index in [4.69, 9.17) is 9.84 Å². The van der Waals surface area contributed by atoms with Crippen molar-refractivity contribution in [3.8, 4) is 0 Å². The van der Waals surface area contributed by atoms with Crippen LogP contribution < -0.4 is 5.32 Å². The highest BCUT2D eigenvalue weighted by Crippen LogP contribution is 2.55. The zero-order valence-corrected chi connectivity index (χ0v) is 14.3. The number of carbonyl (C=O) groups excluding carboxylic acids is 1. The van der Waals surface area contributed by atoms with Crippen LogP contribution in [0, 0.1) is 5.41 Å². The first-order valence-electron chi connectivity index (χ1n) is 8.85. The molecule has 2 N–H and O–H groups in total. The Hall–Kier alpha value is -1.30. The van der Waals surface area contributed by atoms with E-state index in [-0.39, 0.29) is 30.0 Å². The van der Waals surface area contributed by atoms with Crippen molar-refractivity contribution in [2.24, 2.45) is 5.41 Å². The molecular weight excluding hydrogens is 296 g/mol. The Bertz CT molecular complexity index is 421. The average molecular weight is 326 g/mol. The number of nitrogens with one attached hydrogen (secondary N) is 1. The zero-order chi connectivity index (χ0) is 16.9. The molecular formula is C17H30N2O4. The number of amides is 2. The number of aliphatic carboxylic acids is 1. The second-order valence-electron chi connectivity index (χ2n) is 6.83. The molecule has 2 saturated carbocycles. The lowest BCUT2D eigenvalue weighted by Gasteiger charge is -2.60. The molecule has 0 aromatic heterocycles. The van der Waals surface area contributed by atoms with Crippen LogP contribution in [0.15, 0.2) is 0 Å². The van der Waals surface area contributed by atoms with Gasteiger partial charge in [0.05, 0.1) is 6.10 Å². The molecule has 2 amide bonds. The summed E-state index contributed by atoms with van der Waals surface area (Å²) in [6, 6.07) is 0.138. The summed E-state index contributed by atoms with van der Waals surface area (Å²) in [4.78, 5) is 24.7. The highest BCUT2D eigenvalue weighted by molar-refractivity contribution is 5.74. The summed E-state index contributed by atoms with van der Waals surface area (Å²) in [5, 5.41) is 11.5. The number of carboxylic acid groups (broad SMARTS) is 1. The molecule has 2 aliphatic rings. The first-order valence-corrected chi connectivity index (χ1v) is 8.85. The molecule has 2 aliphatic carbocycles. The summed E-state index contributed by atoms with van der Waals surface area (Å²) in [6.45, 7) is 3.16. The van der Waals surface area contributed by atoms with Crippen LogP contribution in [-0.4, -0.2) is 54.4 Å². The predicted molar refractivity (Wildman–Crippen MR) is 87.4 cm³/mol. The van der Waals surface area contributed by atoms with Gasteiger partial charge in [-0.3, -0.25) is 4.79 Å². The van der Waals surface area contributed by atoms with Crippen LogP contribution in [0.4, 0.5) is 4.79 Å². The molecule has 2 unspecified atom stereocenters. The van der Waals surface area contributed by atoms with E-state index in [1.807, 2.05) is 18.9 Å². The van der Waals surface area contributed by atoms with E-state index in [2.05, 4.69) is 5.32 Å². The van der Waals surface area contributed by atoms with Crippen LogP contribution in [0.2, 0.25) is 0 Å². The smallest absolute Gasteiger partial charge is 0.317 e. The summed E-state index contributed by atoms with van der Waals surface area (Å²) < 4.78 is 5.93. The van der Waals surface area contributed by atoms with Crippen molar-refractivity contribution >= 4 is 12.0 Å². The third kappa shape index (κ3) is 3.97. The van der Waals surface area contributed by atoms with Gasteiger partial charge in [0.1, 0.15) is 0 Å². The lowest BCUT2D eigenvalue weighted by Crippen LogP contribution is -2.66. The van der Waals surface area contributed by atoms with Crippen molar-refractivity contribution < 1.29 is 19.4 Å². The molecule has 1 spiro atoms. The topological polar surface area (TPSA) is 78.9 Å². The first-order chi connectivity index (χ1) is 11.0. The Morgan fingerprint density at radius 3 is 2.61 bits per heavy atom. The minimum absolute atomic E-state index is 0.0871. The Kier molecular flexibility index (Phi) is 6.27. The van der Waals surface area contributed by atoms with Crippen molar-refractivity contribution in [2.75, 3.05) is 20.2 Å². The van der Waals surface area contributed by atoms with E-state index >= 15 is 0 Å². The number of carboxylic acids is 1. The summed E-state index contributed by atoms with van der Waals surface area (Å²) in [6.07, 6.45) is 7.72. The van der Waals surface area contributed by atoms with Gasteiger partial charge in [-0.1, -0.05) is 19.3 Å². The molecule has 0 saturated heterocycles. The minimum Gasteiger partial charge on any atom is -0.481 e. The molecule has 6 nitrogen and oxygen atoms in total. The van der Waals surface area contributed by atoms with Crippen LogP contribution >= 0.6 is 0 Å². The number of ether oxygens (including phenoxy) is 1. The average Bonchev–Trinajstić information content (AvgIpc) is 2.55. The zero-order valence-electron chi connectivity index (χ0n) is 14.3. The van der Waals surface area contributed by atoms with E-state index < -0.39 is 5.97 Å². The number of hydrogen-bond donors (Lipinski definition) is 2. The largest absolute Gasteiger partial charge is 0.481 e. The summed E-state index contributed by atoms with van der Waals surface area (Å²) in [5.74, 6) is -0.827. The maximum absolute atomic E-state index is 12.3. The van der Waals surface area contributed by atoms with E-state index in [1.54, 1.807) is 0 Å². The Morgan fingerprint density at radius 2 is 2.00 bits per heavy atom. The molecule has 0 radical (unpaired) electrons. The lowest BCUT2D eigenvalue weighted by molar-refractivity contribution is -0.170. The fraction of sp³-hybridized carbons (Fsp3) is 0.882. The van der Waals surface area contributed by atoms with Crippen LogP contribution in [0.3, 0.4) is 0 Å². The van der Waals surface area contributed by atoms with Crippen LogP contribution in [0.5, 0.6) is 0 Å². The standard InChI is InChI=1S/C17H30N2O4/c1-3-23-14-12-13(17(14)9-5-4-6-10-17)19(2)16(22)18-11-7-8-15(20)21/h13-14H,3-12H2,1-2H3,(H,18,22)(H,20,21). The Balaban J connectivity index is 1.88. The van der Waals surface area contributed by atoms with E-state index in [0.717, 1.165) is 25.9 Å². The van der Waals surface area contributed by atoms with Gasteiger partial charge in [-0.15, -0.1) is 0 Å². The highest BCUT2D eigenvalue weighted by Gasteiger charge is 2.57. The first kappa shape index (κ1) is 18.0. The summed E-state index contributed by atoms with van der Waals surface area (Å²) >= 11 is 0. The molecule has 0 aromatic carbocycles. The van der Waals surface area contributed by atoms with Gasteiger partial charge in [-0.25, -0.2) is 4.79 Å². The minimum atomic E-state index is -0.827. The number of nitrogens with zero attached hydrogens (tertiary/aromatic N) is 1. The molecule has 0 heterocycles. The van der Waals surface area contributed by atoms with Crippen molar-refractivity contribution in [1.29, 1.82) is 0 Å². The van der Waals surface area contributed by atoms with Gasteiger partial charge in [0.15, 0.2) is 0 Å². The Morgan fingerprint density at radius 1 is 1.30 bits per heavy atom. The van der Waals surface area contributed by atoms with E-state index in [0.29, 0.717) is 13.0 Å². The summed E-state index contributed by atoms with van der Waals surface area (Å²) in [5.41, 5.74) is 0.126. The van der Waals surface area contributed by atoms with Gasteiger partial charge >= 0.3 is 12.0 Å². The molecule has 0 aromatic rings. The number of rotatable bonds is 7. The molecule has 23 heavy (non-hydrogen) atoms. The molecule has 6 heteroatoms. The molecule has 2 fully saturated rings. The molecule has 0 bridgehead atoms. The second-order valence-corrected chi connectivity index (χ2v) is 6.83. The van der Waals surface area contributed by atoms with Gasteiger partial charge in [-0.05, 0) is 32.6 Å². The molecule has 2 rings (SSSR count). The number of urea groups is 1. The second kappa shape index (κ2) is 7.99. The van der Waals surface area contributed by atoms with E-state index in [9.17, 15) is 9.59 Å². The lowest BCUT2D eigenvalue weighted by atomic mass is 9.54. The third-order valence-corrected chi connectivity index (χ3v) is 5.53. The van der Waals surface area contributed by atoms with Crippen molar-refractivity contribution in [3.05, 3.63) is 0 Å². The molecule has 2 atom stereocenters. The number of hydrogen-bond acceptors (Lipinski definition) is 3. The van der Waals surface area contributed by atoms with Crippen molar-refractivity contribution in [3.63, 3.8) is 0 Å². The molecule has 132 valence electrons. The normalized spacial score (nSPS) is 25.7. The Labute approximate surface area is 138 Å². The van der Waals surface area contributed by atoms with Gasteiger partial charge in [0, 0.05) is 38.1 Å². The van der Waals surface area contributed by atoms with E-state index in [1.165, 1.54) is 19.3 Å².